The van der Waals surface area contributed by atoms with Gasteiger partial charge in [0.1, 0.15) is 5.60 Å². The molecule has 1 amide bonds. The van der Waals surface area contributed by atoms with Crippen LogP contribution in [0.1, 0.15) is 33.3 Å². The molecule has 27 heavy (non-hydrogen) atoms. The molecule has 1 atom stereocenters. The molecule has 0 saturated heterocycles. The molecule has 7 heteroatoms. The number of nitrogens with one attached hydrogen (secondary N) is 3. The van der Waals surface area contributed by atoms with Crippen LogP contribution in [0.15, 0.2) is 35.3 Å². The molecule has 0 spiro atoms. The lowest BCUT2D eigenvalue weighted by Crippen LogP contribution is -2.46. The molecule has 1 unspecified atom stereocenters. The second-order valence-electron chi connectivity index (χ2n) is 7.56. The van der Waals surface area contributed by atoms with Crippen molar-refractivity contribution >= 4 is 12.1 Å². The number of carbonyl (C=O) groups is 1. The second-order valence-corrected chi connectivity index (χ2v) is 7.56. The number of guanidine groups is 1. The lowest BCUT2D eigenvalue weighted by Gasteiger charge is -2.26. The Hall–Kier alpha value is -2.28. The number of aliphatic imine (C=N–C) groups is 1. The summed E-state index contributed by atoms with van der Waals surface area (Å²) in [4.78, 5) is 18.1. The van der Waals surface area contributed by atoms with Gasteiger partial charge in [-0.05, 0) is 40.3 Å². The Labute approximate surface area is 163 Å². The van der Waals surface area contributed by atoms with Crippen LogP contribution >= 0.6 is 0 Å². The van der Waals surface area contributed by atoms with Gasteiger partial charge in [-0.1, -0.05) is 30.3 Å². The number of hydrogen-bond donors (Lipinski definition) is 3. The average Bonchev–Trinajstić information content (AvgIpc) is 2.60. The first-order chi connectivity index (χ1) is 12.7. The summed E-state index contributed by atoms with van der Waals surface area (Å²) in [5.41, 5.74) is 0.805. The number of rotatable bonds is 8. The molecule has 0 heterocycles. The molecule has 152 valence electrons. The predicted octanol–water partition coefficient (Wildman–Crippen LogP) is 2.20. The van der Waals surface area contributed by atoms with Crippen molar-refractivity contribution in [2.24, 2.45) is 4.99 Å². The number of amides is 1. The van der Waals surface area contributed by atoms with Gasteiger partial charge in [-0.25, -0.2) is 4.79 Å². The summed E-state index contributed by atoms with van der Waals surface area (Å²) in [5, 5.41) is 9.21. The molecule has 0 saturated carbocycles. The first-order valence-electron chi connectivity index (χ1n) is 9.37. The molecule has 0 aliphatic heterocycles. The summed E-state index contributed by atoms with van der Waals surface area (Å²) in [6, 6.07) is 10.8. The number of nitrogens with zero attached hydrogens (tertiary/aromatic N) is 2. The van der Waals surface area contributed by atoms with Crippen LogP contribution in [0.5, 0.6) is 0 Å². The van der Waals surface area contributed by atoms with Crippen LogP contribution in [0.3, 0.4) is 0 Å². The number of carbonyl (C=O) groups excluding carboxylic acids is 1. The molecule has 1 aromatic carbocycles. The largest absolute Gasteiger partial charge is 0.444 e. The van der Waals surface area contributed by atoms with Crippen LogP contribution in [-0.2, 0) is 11.3 Å². The van der Waals surface area contributed by atoms with Gasteiger partial charge >= 0.3 is 6.09 Å². The number of benzene rings is 1. The minimum absolute atomic E-state index is 0.337. The Morgan fingerprint density at radius 3 is 2.37 bits per heavy atom. The highest BCUT2D eigenvalue weighted by Gasteiger charge is 2.15. The maximum absolute atomic E-state index is 11.6. The normalized spacial score (nSPS) is 13.2. The lowest BCUT2D eigenvalue weighted by atomic mass is 10.2. The summed E-state index contributed by atoms with van der Waals surface area (Å²) < 4.78 is 5.20. The first-order valence-corrected chi connectivity index (χ1v) is 9.37. The second kappa shape index (κ2) is 11.4. The van der Waals surface area contributed by atoms with E-state index in [0.29, 0.717) is 25.1 Å². The van der Waals surface area contributed by atoms with Gasteiger partial charge in [0.05, 0.1) is 0 Å². The van der Waals surface area contributed by atoms with Crippen molar-refractivity contribution in [1.82, 2.24) is 20.9 Å². The molecule has 0 fully saturated rings. The SMILES string of the molecule is CN=C(NCCNC(=O)OC(C)(C)C)NCC(C)N(C)Cc1ccccc1. The van der Waals surface area contributed by atoms with Crippen LogP contribution in [0.25, 0.3) is 0 Å². The molecule has 0 radical (unpaired) electrons. The lowest BCUT2D eigenvalue weighted by molar-refractivity contribution is 0.0529. The standard InChI is InChI=1S/C20H35N5O2/c1-16(25(6)15-17-10-8-7-9-11-17)14-24-18(21-5)22-12-13-23-19(26)27-20(2,3)4/h7-11,16H,12-15H2,1-6H3,(H,23,26)(H2,21,22,24). The predicted molar refractivity (Wildman–Crippen MR) is 111 cm³/mol. The van der Waals surface area contributed by atoms with Crippen molar-refractivity contribution in [2.75, 3.05) is 33.7 Å². The molecule has 0 bridgehead atoms. The quantitative estimate of drug-likeness (QED) is 0.368. The third kappa shape index (κ3) is 10.5. The van der Waals surface area contributed by atoms with E-state index in [1.54, 1.807) is 7.05 Å². The fourth-order valence-corrected chi connectivity index (χ4v) is 2.31. The van der Waals surface area contributed by atoms with E-state index >= 15 is 0 Å². The van der Waals surface area contributed by atoms with Crippen LogP contribution in [-0.4, -0.2) is 62.3 Å². The smallest absolute Gasteiger partial charge is 0.407 e. The zero-order valence-corrected chi connectivity index (χ0v) is 17.5. The summed E-state index contributed by atoms with van der Waals surface area (Å²) in [7, 11) is 3.84. The van der Waals surface area contributed by atoms with Gasteiger partial charge in [0.15, 0.2) is 5.96 Å². The maximum Gasteiger partial charge on any atom is 0.407 e. The highest BCUT2D eigenvalue weighted by molar-refractivity contribution is 5.79. The van der Waals surface area contributed by atoms with Crippen LogP contribution in [0, 0.1) is 0 Å². The third-order valence-electron chi connectivity index (χ3n) is 3.90. The highest BCUT2D eigenvalue weighted by Crippen LogP contribution is 2.06. The topological polar surface area (TPSA) is 78.0 Å². The molecule has 7 nitrogen and oxygen atoms in total. The molecule has 0 aliphatic rings. The molecule has 1 rings (SSSR count). The number of alkyl carbamates (subject to hydrolysis) is 1. The van der Waals surface area contributed by atoms with Gasteiger partial charge in [0.25, 0.3) is 0 Å². The highest BCUT2D eigenvalue weighted by atomic mass is 16.6. The number of hydrogen-bond acceptors (Lipinski definition) is 4. The van der Waals surface area contributed by atoms with Gasteiger partial charge in [-0.2, -0.15) is 0 Å². The average molecular weight is 378 g/mol. The molecule has 0 aliphatic carbocycles. The molecular formula is C20H35N5O2. The minimum Gasteiger partial charge on any atom is -0.444 e. The molecule has 3 N–H and O–H groups in total. The Balaban J connectivity index is 2.26. The van der Waals surface area contributed by atoms with Crippen LogP contribution in [0.2, 0.25) is 0 Å². The van der Waals surface area contributed by atoms with Crippen molar-refractivity contribution in [3.05, 3.63) is 35.9 Å². The zero-order chi connectivity index (χ0) is 20.3. The number of likely N-dealkylation sites (N-methyl/N-ethyl adjacent to an activating group) is 1. The minimum atomic E-state index is -0.489. The first kappa shape index (κ1) is 22.8. The fraction of sp³-hybridized carbons (Fsp3) is 0.600. The Morgan fingerprint density at radius 1 is 1.15 bits per heavy atom. The summed E-state index contributed by atoms with van der Waals surface area (Å²) in [6.07, 6.45) is -0.414. The van der Waals surface area contributed by atoms with Crippen molar-refractivity contribution in [3.63, 3.8) is 0 Å². The summed E-state index contributed by atoms with van der Waals surface area (Å²) in [6.45, 7) is 10.4. The van der Waals surface area contributed by atoms with Gasteiger partial charge in [-0.3, -0.25) is 9.89 Å². The van der Waals surface area contributed by atoms with E-state index in [9.17, 15) is 4.79 Å². The molecule has 0 aromatic heterocycles. The third-order valence-corrected chi connectivity index (χ3v) is 3.90. The van der Waals surface area contributed by atoms with E-state index in [2.05, 4.69) is 64.1 Å². The summed E-state index contributed by atoms with van der Waals surface area (Å²) in [5.74, 6) is 0.709. The van der Waals surface area contributed by atoms with E-state index in [4.69, 9.17) is 4.74 Å². The fourth-order valence-electron chi connectivity index (χ4n) is 2.31. The van der Waals surface area contributed by atoms with Crippen molar-refractivity contribution in [3.8, 4) is 0 Å². The summed E-state index contributed by atoms with van der Waals surface area (Å²) >= 11 is 0. The van der Waals surface area contributed by atoms with Crippen LogP contribution < -0.4 is 16.0 Å². The van der Waals surface area contributed by atoms with Gasteiger partial charge in [-0.15, -0.1) is 0 Å². The maximum atomic E-state index is 11.6. The van der Waals surface area contributed by atoms with Gasteiger partial charge in [0.2, 0.25) is 0 Å². The van der Waals surface area contributed by atoms with E-state index in [1.807, 2.05) is 26.8 Å². The molecule has 1 aromatic rings. The van der Waals surface area contributed by atoms with Gasteiger partial charge < -0.3 is 20.7 Å². The van der Waals surface area contributed by atoms with E-state index < -0.39 is 11.7 Å². The number of ether oxygens (including phenoxy) is 1. The van der Waals surface area contributed by atoms with Crippen molar-refractivity contribution in [2.45, 2.75) is 45.9 Å². The van der Waals surface area contributed by atoms with E-state index in [0.717, 1.165) is 13.1 Å². The Morgan fingerprint density at radius 2 is 1.78 bits per heavy atom. The zero-order valence-electron chi connectivity index (χ0n) is 17.5. The molecular weight excluding hydrogens is 342 g/mol. The van der Waals surface area contributed by atoms with Crippen molar-refractivity contribution in [1.29, 1.82) is 0 Å². The van der Waals surface area contributed by atoms with E-state index in [1.165, 1.54) is 5.56 Å². The van der Waals surface area contributed by atoms with E-state index in [-0.39, 0.29) is 0 Å². The monoisotopic (exact) mass is 377 g/mol. The van der Waals surface area contributed by atoms with Gasteiger partial charge in [0, 0.05) is 39.3 Å². The van der Waals surface area contributed by atoms with Crippen LogP contribution in [0.4, 0.5) is 4.79 Å². The Bertz CT molecular complexity index is 584. The Kier molecular flexibility index (Phi) is 9.64. The van der Waals surface area contributed by atoms with Crippen molar-refractivity contribution < 1.29 is 9.53 Å².